The van der Waals surface area contributed by atoms with Gasteiger partial charge in [-0.2, -0.15) is 0 Å². The molecule has 3 heterocycles. The number of H-pyrrole nitrogens is 1. The molecular weight excluding hydrogens is 268 g/mol. The molecule has 0 saturated carbocycles. The maximum atomic E-state index is 5.64. The fourth-order valence-electron chi connectivity index (χ4n) is 2.41. The lowest BCUT2D eigenvalue weighted by Gasteiger charge is -2.19. The summed E-state index contributed by atoms with van der Waals surface area (Å²) in [5, 5.41) is 5.37. The second-order valence-corrected chi connectivity index (χ2v) is 4.77. The largest absolute Gasteiger partial charge is 0.486 e. The molecule has 1 aromatic carbocycles. The first-order chi connectivity index (χ1) is 10.4. The molecule has 0 radical (unpaired) electrons. The monoisotopic (exact) mass is 282 g/mol. The standard InChI is InChI=1S/C15H14N4O2/c1-2-18-15(19-9-14-16-3-4-17-14)11-8-13-12(7-10(1)11)20-5-6-21-13/h1-4,7-8H,5-6,9H2,(H,16,17)(H,18,19). The van der Waals surface area contributed by atoms with Gasteiger partial charge in [0.1, 0.15) is 24.9 Å². The Balaban J connectivity index is 1.71. The summed E-state index contributed by atoms with van der Waals surface area (Å²) in [6, 6.07) is 5.93. The lowest BCUT2D eigenvalue weighted by Crippen LogP contribution is -2.15. The van der Waals surface area contributed by atoms with E-state index in [1.54, 1.807) is 18.6 Å². The van der Waals surface area contributed by atoms with Crippen molar-refractivity contribution in [3.8, 4) is 11.5 Å². The highest BCUT2D eigenvalue weighted by Crippen LogP contribution is 2.36. The van der Waals surface area contributed by atoms with Crippen LogP contribution in [-0.4, -0.2) is 28.2 Å². The zero-order valence-electron chi connectivity index (χ0n) is 11.3. The number of ether oxygens (including phenoxy) is 2. The predicted molar refractivity (Wildman–Crippen MR) is 78.6 cm³/mol. The predicted octanol–water partition coefficient (Wildman–Crippen LogP) is 2.34. The first-order valence-corrected chi connectivity index (χ1v) is 6.81. The molecule has 2 N–H and O–H groups in total. The molecule has 6 nitrogen and oxygen atoms in total. The number of hydrogen-bond acceptors (Lipinski definition) is 5. The quantitative estimate of drug-likeness (QED) is 0.771. The zero-order valence-corrected chi connectivity index (χ0v) is 11.3. The van der Waals surface area contributed by atoms with Gasteiger partial charge >= 0.3 is 0 Å². The van der Waals surface area contributed by atoms with Crippen LogP contribution in [0, 0.1) is 0 Å². The van der Waals surface area contributed by atoms with Gasteiger partial charge in [-0.25, -0.2) is 9.97 Å². The molecule has 1 aliphatic rings. The third kappa shape index (κ3) is 2.24. The van der Waals surface area contributed by atoms with Gasteiger partial charge in [0.15, 0.2) is 11.5 Å². The van der Waals surface area contributed by atoms with Gasteiger partial charge in [0.05, 0.1) is 6.54 Å². The highest BCUT2D eigenvalue weighted by atomic mass is 16.6. The maximum absolute atomic E-state index is 5.64. The molecule has 0 bridgehead atoms. The van der Waals surface area contributed by atoms with Crippen LogP contribution in [0.25, 0.3) is 10.8 Å². The average molecular weight is 282 g/mol. The van der Waals surface area contributed by atoms with Crippen LogP contribution in [0.15, 0.2) is 36.8 Å². The number of rotatable bonds is 3. The molecule has 2 aromatic heterocycles. The van der Waals surface area contributed by atoms with Gasteiger partial charge in [-0.05, 0) is 23.6 Å². The topological polar surface area (TPSA) is 72.1 Å². The first kappa shape index (κ1) is 12.0. The number of aromatic nitrogens is 3. The molecule has 4 rings (SSSR count). The van der Waals surface area contributed by atoms with Crippen LogP contribution in [-0.2, 0) is 6.54 Å². The van der Waals surface area contributed by atoms with Crippen LogP contribution in [0.4, 0.5) is 5.82 Å². The van der Waals surface area contributed by atoms with Crippen molar-refractivity contribution in [3.63, 3.8) is 0 Å². The van der Waals surface area contributed by atoms with Gasteiger partial charge in [-0.15, -0.1) is 0 Å². The van der Waals surface area contributed by atoms with Crippen LogP contribution >= 0.6 is 0 Å². The Morgan fingerprint density at radius 2 is 1.95 bits per heavy atom. The zero-order chi connectivity index (χ0) is 14.1. The number of hydrogen-bond donors (Lipinski definition) is 2. The summed E-state index contributed by atoms with van der Waals surface area (Å²) < 4.78 is 11.2. The summed E-state index contributed by atoms with van der Waals surface area (Å²) in [4.78, 5) is 11.7. The summed E-state index contributed by atoms with van der Waals surface area (Å²) in [6.45, 7) is 1.76. The molecule has 0 fully saturated rings. The second kappa shape index (κ2) is 4.97. The Morgan fingerprint density at radius 3 is 2.76 bits per heavy atom. The lowest BCUT2D eigenvalue weighted by molar-refractivity contribution is 0.172. The second-order valence-electron chi connectivity index (χ2n) is 4.77. The molecule has 6 heteroatoms. The normalized spacial score (nSPS) is 13.3. The minimum absolute atomic E-state index is 0.577. The van der Waals surface area contributed by atoms with Crippen LogP contribution in [0.2, 0.25) is 0 Å². The van der Waals surface area contributed by atoms with Gasteiger partial charge in [-0.1, -0.05) is 0 Å². The fourth-order valence-corrected chi connectivity index (χ4v) is 2.41. The van der Waals surface area contributed by atoms with Crippen molar-refractivity contribution in [1.29, 1.82) is 0 Å². The van der Waals surface area contributed by atoms with Crippen molar-refractivity contribution in [1.82, 2.24) is 15.0 Å². The smallest absolute Gasteiger partial charge is 0.162 e. The van der Waals surface area contributed by atoms with Crippen molar-refractivity contribution >= 4 is 16.6 Å². The molecular formula is C15H14N4O2. The number of benzene rings is 1. The summed E-state index contributed by atoms with van der Waals surface area (Å²) in [6.07, 6.45) is 5.31. The molecule has 21 heavy (non-hydrogen) atoms. The van der Waals surface area contributed by atoms with E-state index < -0.39 is 0 Å². The number of anilines is 1. The van der Waals surface area contributed by atoms with Gasteiger partial charge in [-0.3, -0.25) is 0 Å². The highest BCUT2D eigenvalue weighted by molar-refractivity contribution is 5.94. The van der Waals surface area contributed by atoms with Gasteiger partial charge in [0.25, 0.3) is 0 Å². The molecule has 3 aromatic rings. The molecule has 0 spiro atoms. The summed E-state index contributed by atoms with van der Waals surface area (Å²) >= 11 is 0. The van der Waals surface area contributed by atoms with Crippen molar-refractivity contribution in [2.45, 2.75) is 6.54 Å². The van der Waals surface area contributed by atoms with E-state index in [1.165, 1.54) is 0 Å². The van der Waals surface area contributed by atoms with Crippen LogP contribution < -0.4 is 14.8 Å². The Bertz CT molecular complexity index is 771. The molecule has 0 aliphatic carbocycles. The lowest BCUT2D eigenvalue weighted by atomic mass is 10.1. The third-order valence-corrected chi connectivity index (χ3v) is 3.41. The number of nitrogens with zero attached hydrogens (tertiary/aromatic N) is 2. The number of imidazole rings is 1. The Morgan fingerprint density at radius 1 is 1.10 bits per heavy atom. The molecule has 0 amide bonds. The summed E-state index contributed by atoms with van der Waals surface area (Å²) in [5.41, 5.74) is 0. The SMILES string of the molecule is c1c[nH]c(CNc2nccc3cc4c(cc23)OCCO4)n1. The maximum Gasteiger partial charge on any atom is 0.162 e. The minimum Gasteiger partial charge on any atom is -0.486 e. The van der Waals surface area contributed by atoms with E-state index >= 15 is 0 Å². The first-order valence-electron chi connectivity index (χ1n) is 6.81. The van der Waals surface area contributed by atoms with E-state index in [0.717, 1.165) is 33.9 Å². The van der Waals surface area contributed by atoms with Crippen LogP contribution in [0.1, 0.15) is 5.82 Å². The van der Waals surface area contributed by atoms with Crippen LogP contribution in [0.3, 0.4) is 0 Å². The van der Waals surface area contributed by atoms with E-state index in [0.29, 0.717) is 19.8 Å². The van der Waals surface area contributed by atoms with Crippen LogP contribution in [0.5, 0.6) is 11.5 Å². The Kier molecular flexibility index (Phi) is 2.85. The van der Waals surface area contributed by atoms with E-state index in [2.05, 4.69) is 20.3 Å². The molecule has 0 atom stereocenters. The Labute approximate surface area is 121 Å². The van der Waals surface area contributed by atoms with Crippen molar-refractivity contribution < 1.29 is 9.47 Å². The van der Waals surface area contributed by atoms with Gasteiger partial charge in [0.2, 0.25) is 0 Å². The molecule has 0 unspecified atom stereocenters. The highest BCUT2D eigenvalue weighted by Gasteiger charge is 2.14. The number of nitrogens with one attached hydrogen (secondary N) is 2. The summed E-state index contributed by atoms with van der Waals surface area (Å²) in [5.74, 6) is 3.23. The number of pyridine rings is 1. The summed E-state index contributed by atoms with van der Waals surface area (Å²) in [7, 11) is 0. The minimum atomic E-state index is 0.577. The van der Waals surface area contributed by atoms with Crippen molar-refractivity contribution in [2.75, 3.05) is 18.5 Å². The van der Waals surface area contributed by atoms with Crippen molar-refractivity contribution in [3.05, 3.63) is 42.6 Å². The molecule has 1 aliphatic heterocycles. The van der Waals surface area contributed by atoms with E-state index in [9.17, 15) is 0 Å². The van der Waals surface area contributed by atoms with E-state index in [4.69, 9.17) is 9.47 Å². The third-order valence-electron chi connectivity index (χ3n) is 3.41. The van der Waals surface area contributed by atoms with E-state index in [-0.39, 0.29) is 0 Å². The average Bonchev–Trinajstić information content (AvgIpc) is 3.04. The Hall–Kier alpha value is -2.76. The van der Waals surface area contributed by atoms with Gasteiger partial charge in [0, 0.05) is 24.0 Å². The van der Waals surface area contributed by atoms with E-state index in [1.807, 2.05) is 18.2 Å². The van der Waals surface area contributed by atoms with Gasteiger partial charge < -0.3 is 19.8 Å². The molecule has 106 valence electrons. The molecule has 0 saturated heterocycles. The fraction of sp³-hybridized carbons (Fsp3) is 0.200. The number of fused-ring (bicyclic) bond motifs is 2. The van der Waals surface area contributed by atoms with Crippen molar-refractivity contribution in [2.24, 2.45) is 0 Å². The number of aromatic amines is 1.